The van der Waals surface area contributed by atoms with E-state index in [0.717, 1.165) is 17.9 Å². The molecule has 4 heteroatoms. The lowest BCUT2D eigenvalue weighted by molar-refractivity contribution is 0.145. The Morgan fingerprint density at radius 3 is 2.57 bits per heavy atom. The highest BCUT2D eigenvalue weighted by Gasteiger charge is 2.34. The van der Waals surface area contributed by atoms with Gasteiger partial charge in [0.05, 0.1) is 0 Å². The number of benzene rings is 1. The molecule has 1 fully saturated rings. The van der Waals surface area contributed by atoms with Crippen molar-refractivity contribution < 1.29 is 0 Å². The Morgan fingerprint density at radius 2 is 1.95 bits per heavy atom. The predicted octanol–water partition coefficient (Wildman–Crippen LogP) is 3.72. The van der Waals surface area contributed by atoms with E-state index in [4.69, 9.17) is 5.73 Å². The number of nitrogens with one attached hydrogen (secondary N) is 1. The number of hydrogen-bond donors (Lipinski definition) is 2. The van der Waals surface area contributed by atoms with E-state index in [1.807, 2.05) is 36.4 Å². The summed E-state index contributed by atoms with van der Waals surface area (Å²) in [7, 11) is 0. The molecule has 0 atom stereocenters. The largest absolute Gasteiger partial charge is 0.384 e. The van der Waals surface area contributed by atoms with E-state index in [2.05, 4.69) is 22.2 Å². The van der Waals surface area contributed by atoms with Crippen LogP contribution in [0.5, 0.6) is 0 Å². The Balaban J connectivity index is 1.78. The molecule has 0 amide bonds. The van der Waals surface area contributed by atoms with Crippen LogP contribution in [0, 0.1) is 5.41 Å². The molecule has 3 rings (SSSR count). The lowest BCUT2D eigenvalue weighted by Gasteiger charge is -2.41. The molecule has 2 aromatic rings. The number of nitrogens with zero attached hydrogens (tertiary/aromatic N) is 2. The van der Waals surface area contributed by atoms with Crippen LogP contribution < -0.4 is 11.1 Å². The minimum Gasteiger partial charge on any atom is -0.384 e. The van der Waals surface area contributed by atoms with E-state index in [9.17, 15) is 0 Å². The van der Waals surface area contributed by atoms with Gasteiger partial charge in [-0.1, -0.05) is 43.7 Å². The summed E-state index contributed by atoms with van der Waals surface area (Å²) in [5.41, 5.74) is 7.36. The third-order valence-corrected chi connectivity index (χ3v) is 4.59. The summed E-state index contributed by atoms with van der Waals surface area (Å²) in [6.45, 7) is 3.23. The van der Waals surface area contributed by atoms with Crippen molar-refractivity contribution in [3.63, 3.8) is 0 Å². The van der Waals surface area contributed by atoms with Crippen LogP contribution in [-0.4, -0.2) is 16.5 Å². The number of nitrogens with two attached hydrogens (primary N) is 1. The summed E-state index contributed by atoms with van der Waals surface area (Å²) in [6, 6.07) is 11.8. The molecule has 0 spiro atoms. The molecule has 1 aromatic heterocycles. The van der Waals surface area contributed by atoms with E-state index < -0.39 is 0 Å². The minimum atomic E-state index is 0.451. The van der Waals surface area contributed by atoms with Crippen LogP contribution in [0.1, 0.15) is 32.6 Å². The summed E-state index contributed by atoms with van der Waals surface area (Å²) >= 11 is 0. The highest BCUT2D eigenvalue weighted by atomic mass is 15.1. The van der Waals surface area contributed by atoms with Crippen LogP contribution in [0.3, 0.4) is 0 Å². The molecule has 1 saturated carbocycles. The lowest BCUT2D eigenvalue weighted by atomic mass is 9.67. The molecule has 0 bridgehead atoms. The molecule has 3 N–H and O–H groups in total. The van der Waals surface area contributed by atoms with Crippen molar-refractivity contribution in [2.45, 2.75) is 32.6 Å². The SMILES string of the molecule is CCC1(CNc2cc(N)nc(-c3ccccc3)n2)CCC1. The van der Waals surface area contributed by atoms with E-state index in [1.54, 1.807) is 0 Å². The standard InChI is InChI=1S/C17H22N4/c1-2-17(9-6-10-17)12-19-15-11-14(18)20-16(21-15)13-7-4-3-5-8-13/h3-5,7-8,11H,2,6,9-10,12H2,1H3,(H3,18,19,20,21). The Labute approximate surface area is 125 Å². The molecular weight excluding hydrogens is 260 g/mol. The quantitative estimate of drug-likeness (QED) is 0.877. The topological polar surface area (TPSA) is 63.8 Å². The van der Waals surface area contributed by atoms with Crippen molar-refractivity contribution in [3.05, 3.63) is 36.4 Å². The first kappa shape index (κ1) is 13.9. The third-order valence-electron chi connectivity index (χ3n) is 4.59. The predicted molar refractivity (Wildman–Crippen MR) is 86.9 cm³/mol. The van der Waals surface area contributed by atoms with Gasteiger partial charge in [0.15, 0.2) is 5.82 Å². The number of aromatic nitrogens is 2. The molecular formula is C17H22N4. The normalized spacial score (nSPS) is 16.2. The summed E-state index contributed by atoms with van der Waals surface area (Å²) in [4.78, 5) is 8.93. The molecule has 1 aliphatic rings. The zero-order valence-corrected chi connectivity index (χ0v) is 12.5. The van der Waals surface area contributed by atoms with Crippen LogP contribution in [-0.2, 0) is 0 Å². The fourth-order valence-electron chi connectivity index (χ4n) is 2.88. The zero-order valence-electron chi connectivity index (χ0n) is 12.5. The molecule has 110 valence electrons. The molecule has 1 aromatic carbocycles. The first-order valence-corrected chi connectivity index (χ1v) is 7.65. The van der Waals surface area contributed by atoms with Crippen LogP contribution in [0.15, 0.2) is 36.4 Å². The van der Waals surface area contributed by atoms with Gasteiger partial charge in [-0.05, 0) is 24.7 Å². The van der Waals surface area contributed by atoms with Gasteiger partial charge in [0, 0.05) is 18.2 Å². The molecule has 0 unspecified atom stereocenters. The van der Waals surface area contributed by atoms with Crippen LogP contribution >= 0.6 is 0 Å². The minimum absolute atomic E-state index is 0.451. The van der Waals surface area contributed by atoms with Gasteiger partial charge in [-0.25, -0.2) is 9.97 Å². The fraction of sp³-hybridized carbons (Fsp3) is 0.412. The van der Waals surface area contributed by atoms with Crippen molar-refractivity contribution in [1.29, 1.82) is 0 Å². The monoisotopic (exact) mass is 282 g/mol. The number of rotatable bonds is 5. The lowest BCUT2D eigenvalue weighted by Crippen LogP contribution is -2.36. The average Bonchev–Trinajstić information content (AvgIpc) is 2.47. The van der Waals surface area contributed by atoms with Gasteiger partial charge in [0.25, 0.3) is 0 Å². The average molecular weight is 282 g/mol. The molecule has 0 saturated heterocycles. The van der Waals surface area contributed by atoms with E-state index in [0.29, 0.717) is 17.1 Å². The van der Waals surface area contributed by atoms with Crippen molar-refractivity contribution in [3.8, 4) is 11.4 Å². The molecule has 1 heterocycles. The van der Waals surface area contributed by atoms with Gasteiger partial charge >= 0.3 is 0 Å². The molecule has 0 aliphatic heterocycles. The number of nitrogen functional groups attached to an aromatic ring is 1. The van der Waals surface area contributed by atoms with Crippen molar-refractivity contribution in [2.75, 3.05) is 17.6 Å². The zero-order chi connectivity index (χ0) is 14.7. The van der Waals surface area contributed by atoms with Crippen molar-refractivity contribution >= 4 is 11.6 Å². The first-order valence-electron chi connectivity index (χ1n) is 7.65. The Kier molecular flexibility index (Phi) is 3.78. The van der Waals surface area contributed by atoms with Gasteiger partial charge < -0.3 is 11.1 Å². The maximum absolute atomic E-state index is 5.92. The maximum Gasteiger partial charge on any atom is 0.163 e. The summed E-state index contributed by atoms with van der Waals surface area (Å²) < 4.78 is 0. The molecule has 1 aliphatic carbocycles. The molecule has 0 radical (unpaired) electrons. The van der Waals surface area contributed by atoms with E-state index in [-0.39, 0.29) is 0 Å². The van der Waals surface area contributed by atoms with E-state index in [1.165, 1.54) is 25.7 Å². The smallest absolute Gasteiger partial charge is 0.163 e. The highest BCUT2D eigenvalue weighted by Crippen LogP contribution is 2.43. The van der Waals surface area contributed by atoms with Gasteiger partial charge in [0.2, 0.25) is 0 Å². The van der Waals surface area contributed by atoms with E-state index >= 15 is 0 Å². The van der Waals surface area contributed by atoms with Crippen molar-refractivity contribution in [1.82, 2.24) is 9.97 Å². The second-order valence-corrected chi connectivity index (χ2v) is 5.93. The third kappa shape index (κ3) is 2.99. The summed E-state index contributed by atoms with van der Waals surface area (Å²) in [6.07, 6.45) is 5.17. The second-order valence-electron chi connectivity index (χ2n) is 5.93. The first-order chi connectivity index (χ1) is 10.2. The fourth-order valence-corrected chi connectivity index (χ4v) is 2.88. The summed E-state index contributed by atoms with van der Waals surface area (Å²) in [5, 5.41) is 3.46. The Bertz CT molecular complexity index is 600. The second kappa shape index (κ2) is 5.72. The van der Waals surface area contributed by atoms with Crippen LogP contribution in [0.2, 0.25) is 0 Å². The van der Waals surface area contributed by atoms with Crippen LogP contribution in [0.25, 0.3) is 11.4 Å². The summed E-state index contributed by atoms with van der Waals surface area (Å²) in [5.74, 6) is 2.00. The van der Waals surface area contributed by atoms with Crippen LogP contribution in [0.4, 0.5) is 11.6 Å². The van der Waals surface area contributed by atoms with Gasteiger partial charge in [0.1, 0.15) is 11.6 Å². The molecule has 21 heavy (non-hydrogen) atoms. The van der Waals surface area contributed by atoms with Crippen molar-refractivity contribution in [2.24, 2.45) is 5.41 Å². The maximum atomic E-state index is 5.92. The Hall–Kier alpha value is -2.10. The highest BCUT2D eigenvalue weighted by molar-refractivity contribution is 5.60. The number of hydrogen-bond acceptors (Lipinski definition) is 4. The van der Waals surface area contributed by atoms with Gasteiger partial charge in [-0.2, -0.15) is 0 Å². The molecule has 4 nitrogen and oxygen atoms in total. The number of anilines is 2. The van der Waals surface area contributed by atoms with Gasteiger partial charge in [-0.3, -0.25) is 0 Å². The Morgan fingerprint density at radius 1 is 1.19 bits per heavy atom. The van der Waals surface area contributed by atoms with Gasteiger partial charge in [-0.15, -0.1) is 0 Å².